The highest BCUT2D eigenvalue weighted by Crippen LogP contribution is 2.27. The maximum absolute atomic E-state index is 5.09. The van der Waals surface area contributed by atoms with Crippen LogP contribution in [0.5, 0.6) is 0 Å². The number of allylic oxidation sites excluding steroid dienone is 2. The number of aromatic nitrogens is 4. The van der Waals surface area contributed by atoms with Crippen molar-refractivity contribution in [2.45, 2.75) is 93.9 Å². The van der Waals surface area contributed by atoms with Gasteiger partial charge in [-0.3, -0.25) is 0 Å². The van der Waals surface area contributed by atoms with Crippen molar-refractivity contribution in [3.63, 3.8) is 0 Å². The molecule has 6 nitrogen and oxygen atoms in total. The minimum atomic E-state index is -1.42. The minimum Gasteiger partial charge on any atom is -0.397 e. The van der Waals surface area contributed by atoms with E-state index in [0.717, 1.165) is 34.2 Å². The zero-order valence-electron chi connectivity index (χ0n) is 21.6. The third kappa shape index (κ3) is 4.51. The highest BCUT2D eigenvalue weighted by Gasteiger charge is 2.39. The minimum absolute atomic E-state index is 0.0224. The molecule has 2 aromatic heterocycles. The van der Waals surface area contributed by atoms with E-state index in [9.17, 15) is 0 Å². The van der Waals surface area contributed by atoms with E-state index in [4.69, 9.17) is 15.3 Å². The predicted octanol–water partition coefficient (Wildman–Crippen LogP) is 4.36. The van der Waals surface area contributed by atoms with Crippen LogP contribution in [0.1, 0.15) is 92.0 Å². The van der Waals surface area contributed by atoms with Crippen LogP contribution in [0.2, 0.25) is 0 Å². The predicted molar refractivity (Wildman–Crippen MR) is 131 cm³/mol. The molecule has 0 saturated carbocycles. The van der Waals surface area contributed by atoms with Crippen molar-refractivity contribution in [2.75, 3.05) is 0 Å². The zero-order valence-corrected chi connectivity index (χ0v) is 21.6. The van der Waals surface area contributed by atoms with Crippen LogP contribution in [0.25, 0.3) is 0 Å². The van der Waals surface area contributed by atoms with Gasteiger partial charge in [0.05, 0.1) is 16.8 Å². The molecule has 7 heteroatoms. The molecule has 0 spiro atoms. The van der Waals surface area contributed by atoms with Crippen LogP contribution in [-0.2, 0) is 10.8 Å². The van der Waals surface area contributed by atoms with Gasteiger partial charge < -0.3 is 9.19 Å². The topological polar surface area (TPSA) is 53.0 Å². The molecule has 0 unspecified atom stereocenters. The van der Waals surface area contributed by atoms with Crippen LogP contribution in [0, 0.1) is 19.3 Å². The van der Waals surface area contributed by atoms with Crippen LogP contribution in [0.3, 0.4) is 0 Å². The van der Waals surface area contributed by atoms with Crippen molar-refractivity contribution in [1.82, 2.24) is 29.4 Å². The number of nitrogens with zero attached hydrogens (tertiary/aromatic N) is 6. The molecule has 0 fully saturated rings. The molecular weight excluding hydrogens is 383 g/mol. The average Bonchev–Trinajstić information content (AvgIpc) is 3.26. The van der Waals surface area contributed by atoms with E-state index in [0.29, 0.717) is 0 Å². The average molecular weight is 423 g/mol. The van der Waals surface area contributed by atoms with Gasteiger partial charge in [-0.25, -0.2) is 15.1 Å². The quantitative estimate of drug-likeness (QED) is 0.690. The lowest BCUT2D eigenvalue weighted by molar-refractivity contribution is 0.461. The van der Waals surface area contributed by atoms with Gasteiger partial charge in [-0.1, -0.05) is 41.5 Å². The Morgan fingerprint density at radius 2 is 1.13 bits per heavy atom. The first-order chi connectivity index (χ1) is 14.0. The monoisotopic (exact) mass is 423 g/mol. The Bertz CT molecular complexity index is 976. The van der Waals surface area contributed by atoms with Crippen molar-refractivity contribution in [2.24, 2.45) is 5.41 Å². The van der Waals surface area contributed by atoms with Crippen LogP contribution in [0.4, 0.5) is 0 Å². The van der Waals surface area contributed by atoms with Gasteiger partial charge in [0.1, 0.15) is 5.10 Å². The van der Waals surface area contributed by atoms with E-state index in [1.54, 1.807) is 0 Å². The van der Waals surface area contributed by atoms with Crippen LogP contribution in [-0.4, -0.2) is 37.1 Å². The SMILES string of the molecule is CC1=CC(C(C)(C)C)=[N+]N1[BH-](n1nc(C(C)(C)C)cc1C)n1nc(C(C)(C)C)cc1C. The van der Waals surface area contributed by atoms with Gasteiger partial charge in [0.25, 0.3) is 5.71 Å². The van der Waals surface area contributed by atoms with E-state index in [-0.39, 0.29) is 16.2 Å². The number of hydrogen-bond donors (Lipinski definition) is 0. The molecule has 0 amide bonds. The summed E-state index contributed by atoms with van der Waals surface area (Å²) in [6.07, 6.45) is 2.20. The van der Waals surface area contributed by atoms with Gasteiger partial charge in [0.2, 0.25) is 0 Å². The molecule has 1 radical (unpaired) electrons. The molecule has 3 rings (SSSR count). The molecule has 0 aromatic carbocycles. The summed E-state index contributed by atoms with van der Waals surface area (Å²) in [6.45, 7) is 26.3. The largest absolute Gasteiger partial charge is 0.397 e. The number of hydrogen-bond acceptors (Lipinski definition) is 4. The van der Waals surface area contributed by atoms with Gasteiger partial charge in [-0.05, 0) is 65.1 Å². The first-order valence-electron chi connectivity index (χ1n) is 11.4. The summed E-state index contributed by atoms with van der Waals surface area (Å²) in [6, 6.07) is 4.40. The smallest absolute Gasteiger partial charge is 0.375 e. The number of hydrazone groups is 1. The Morgan fingerprint density at radius 1 is 0.710 bits per heavy atom. The first kappa shape index (κ1) is 23.4. The lowest BCUT2D eigenvalue weighted by Crippen LogP contribution is -2.52. The third-order valence-electron chi connectivity index (χ3n) is 6.05. The lowest BCUT2D eigenvalue weighted by Gasteiger charge is -2.31. The summed E-state index contributed by atoms with van der Waals surface area (Å²) < 4.78 is 4.30. The summed E-state index contributed by atoms with van der Waals surface area (Å²) in [5.74, 6) is 0. The van der Waals surface area contributed by atoms with E-state index in [1.807, 2.05) is 0 Å². The van der Waals surface area contributed by atoms with Crippen LogP contribution < -0.4 is 5.10 Å². The molecule has 0 N–H and O–H groups in total. The van der Waals surface area contributed by atoms with Gasteiger partial charge in [-0.2, -0.15) is 0 Å². The fourth-order valence-corrected chi connectivity index (χ4v) is 3.87. The second-order valence-electron chi connectivity index (χ2n) is 12.2. The molecule has 1 aliphatic rings. The van der Waals surface area contributed by atoms with E-state index in [2.05, 4.69) is 115 Å². The molecule has 1 aliphatic heterocycles. The summed E-state index contributed by atoms with van der Waals surface area (Å²) in [7, 11) is -1.42. The van der Waals surface area contributed by atoms with Crippen LogP contribution >= 0.6 is 0 Å². The Balaban J connectivity index is 2.23. The summed E-state index contributed by atoms with van der Waals surface area (Å²) in [5.41, 5.74) is 6.58. The van der Waals surface area contributed by atoms with Gasteiger partial charge in [-0.15, -0.1) is 0 Å². The van der Waals surface area contributed by atoms with Gasteiger partial charge in [0.15, 0.2) is 0 Å². The molecule has 0 atom stereocenters. The van der Waals surface area contributed by atoms with Crippen LogP contribution in [0.15, 0.2) is 23.9 Å². The second-order valence-corrected chi connectivity index (χ2v) is 12.2. The normalized spacial score (nSPS) is 15.7. The first-order valence-corrected chi connectivity index (χ1v) is 11.4. The number of rotatable bonds is 3. The Kier molecular flexibility index (Phi) is 5.57. The molecule has 0 saturated heterocycles. The van der Waals surface area contributed by atoms with Crippen molar-refractivity contribution >= 4 is 12.8 Å². The third-order valence-corrected chi connectivity index (χ3v) is 6.05. The summed E-state index contributed by atoms with van der Waals surface area (Å²) in [4.78, 5) is 2.15. The Morgan fingerprint density at radius 3 is 1.42 bits per heavy atom. The fraction of sp³-hybridized carbons (Fsp3) is 0.625. The van der Waals surface area contributed by atoms with E-state index >= 15 is 0 Å². The second kappa shape index (κ2) is 7.39. The van der Waals surface area contributed by atoms with Crippen molar-refractivity contribution in [3.8, 4) is 0 Å². The summed E-state index contributed by atoms with van der Waals surface area (Å²) in [5, 5.41) is 15.3. The number of aryl methyl sites for hydroxylation is 2. The molecule has 0 bridgehead atoms. The maximum atomic E-state index is 5.09. The van der Waals surface area contributed by atoms with Crippen molar-refractivity contribution in [3.05, 3.63) is 46.7 Å². The fourth-order valence-electron chi connectivity index (χ4n) is 3.87. The Hall–Kier alpha value is -2.31. The van der Waals surface area contributed by atoms with E-state index < -0.39 is 7.12 Å². The van der Waals surface area contributed by atoms with Crippen molar-refractivity contribution in [1.29, 1.82) is 0 Å². The highest BCUT2D eigenvalue weighted by atomic mass is 15.6. The zero-order chi connectivity index (χ0) is 23.5. The lowest BCUT2D eigenvalue weighted by atomic mass is 9.89. The molecule has 31 heavy (non-hydrogen) atoms. The van der Waals surface area contributed by atoms with Crippen molar-refractivity contribution < 1.29 is 0 Å². The maximum Gasteiger partial charge on any atom is 0.375 e. The summed E-state index contributed by atoms with van der Waals surface area (Å²) >= 11 is 0. The molecule has 3 heterocycles. The van der Waals surface area contributed by atoms with E-state index in [1.165, 1.54) is 0 Å². The standard InChI is InChI=1S/C24H40BN6/c1-16-13-19(22(4,5)6)26-29(16)25(30-17(2)14-20(27-30)23(7,8)9)31-18(3)15-21(28-31)24(10,11)12/h13-15,25H,1-12H3. The van der Waals surface area contributed by atoms with Gasteiger partial charge in [0, 0.05) is 22.6 Å². The van der Waals surface area contributed by atoms with Gasteiger partial charge >= 0.3 is 7.12 Å². The Labute approximate surface area is 188 Å². The molecule has 169 valence electrons. The molecule has 0 aliphatic carbocycles. The molecule has 2 aromatic rings. The highest BCUT2D eigenvalue weighted by molar-refractivity contribution is 6.52. The molecular formula is C24H40BN6.